The fourth-order valence-electron chi connectivity index (χ4n) is 3.56. The van der Waals surface area contributed by atoms with Crippen LogP contribution in [0.1, 0.15) is 38.8 Å². The van der Waals surface area contributed by atoms with E-state index in [2.05, 4.69) is 35.8 Å². The third kappa shape index (κ3) is 5.13. The first-order valence-electron chi connectivity index (χ1n) is 10.8. The molecule has 0 aliphatic heterocycles. The molecule has 8 heteroatoms. The summed E-state index contributed by atoms with van der Waals surface area (Å²) in [7, 11) is -3.74. The maximum atomic E-state index is 13.1. The van der Waals surface area contributed by atoms with Crippen LogP contribution in [-0.4, -0.2) is 19.3 Å². The number of thiazole rings is 1. The summed E-state index contributed by atoms with van der Waals surface area (Å²) in [6.45, 7) is 9.59. The molecule has 1 amide bonds. The lowest BCUT2D eigenvalue weighted by atomic mass is 9.87. The average Bonchev–Trinajstić information content (AvgIpc) is 3.15. The van der Waals surface area contributed by atoms with Crippen molar-refractivity contribution in [3.05, 3.63) is 71.8 Å². The number of amides is 1. The Morgan fingerprint density at radius 2 is 1.59 bits per heavy atom. The lowest BCUT2D eigenvalue weighted by Crippen LogP contribution is -2.15. The highest BCUT2D eigenvalue weighted by atomic mass is 32.2. The number of hydrogen-bond donors (Lipinski definition) is 2. The van der Waals surface area contributed by atoms with Crippen molar-refractivity contribution in [1.29, 1.82) is 0 Å². The van der Waals surface area contributed by atoms with Gasteiger partial charge in [0.25, 0.3) is 10.0 Å². The van der Waals surface area contributed by atoms with E-state index in [0.717, 1.165) is 32.5 Å². The van der Waals surface area contributed by atoms with Gasteiger partial charge in [0.05, 0.1) is 20.8 Å². The molecular formula is C26H27N3O3S2. The van der Waals surface area contributed by atoms with Crippen LogP contribution in [-0.2, 0) is 20.2 Å². The highest BCUT2D eigenvalue weighted by molar-refractivity contribution is 7.92. The van der Waals surface area contributed by atoms with Crippen LogP contribution in [0.15, 0.2) is 65.6 Å². The molecule has 0 unspecified atom stereocenters. The predicted octanol–water partition coefficient (Wildman–Crippen LogP) is 6.33. The summed E-state index contributed by atoms with van der Waals surface area (Å²) < 4.78 is 29.8. The van der Waals surface area contributed by atoms with Crippen LogP contribution in [0.4, 0.5) is 10.8 Å². The highest BCUT2D eigenvalue weighted by Crippen LogP contribution is 2.33. The van der Waals surface area contributed by atoms with Gasteiger partial charge in [-0.3, -0.25) is 9.52 Å². The molecule has 0 aliphatic rings. The molecule has 0 atom stereocenters. The summed E-state index contributed by atoms with van der Waals surface area (Å²) in [4.78, 5) is 16.0. The standard InChI is InChI=1S/C26H27N3O3S2/c1-16-6-7-18(19-8-13-22-24(15-19)33-25(28-22)27-17(2)30)14-23(16)29-34(31,32)21-11-9-20(10-12-21)26(3,4)5/h6-15,29H,1-5H3,(H,27,28,30). The number of aromatic nitrogens is 1. The van der Waals surface area contributed by atoms with E-state index >= 15 is 0 Å². The van der Waals surface area contributed by atoms with Gasteiger partial charge in [-0.25, -0.2) is 13.4 Å². The van der Waals surface area contributed by atoms with Crippen molar-refractivity contribution in [1.82, 2.24) is 4.98 Å². The Morgan fingerprint density at radius 3 is 2.24 bits per heavy atom. The number of anilines is 2. The minimum Gasteiger partial charge on any atom is -0.302 e. The number of sulfonamides is 1. The van der Waals surface area contributed by atoms with E-state index in [1.54, 1.807) is 12.1 Å². The number of aryl methyl sites for hydroxylation is 1. The van der Waals surface area contributed by atoms with Gasteiger partial charge in [-0.15, -0.1) is 0 Å². The first-order valence-corrected chi connectivity index (χ1v) is 13.1. The topological polar surface area (TPSA) is 88.2 Å². The van der Waals surface area contributed by atoms with Crippen molar-refractivity contribution in [2.24, 2.45) is 0 Å². The zero-order valence-electron chi connectivity index (χ0n) is 19.8. The summed E-state index contributed by atoms with van der Waals surface area (Å²) in [6.07, 6.45) is 0. The molecule has 0 spiro atoms. The number of nitrogens with zero attached hydrogens (tertiary/aromatic N) is 1. The number of fused-ring (bicyclic) bond motifs is 1. The molecule has 0 saturated heterocycles. The van der Waals surface area contributed by atoms with Crippen molar-refractivity contribution < 1.29 is 13.2 Å². The number of hydrogen-bond acceptors (Lipinski definition) is 5. The van der Waals surface area contributed by atoms with Gasteiger partial charge in [-0.05, 0) is 64.9 Å². The Labute approximate surface area is 204 Å². The smallest absolute Gasteiger partial charge is 0.261 e. The zero-order chi connectivity index (χ0) is 24.7. The first-order chi connectivity index (χ1) is 15.9. The van der Waals surface area contributed by atoms with Crippen LogP contribution in [0.25, 0.3) is 21.3 Å². The first kappa shape index (κ1) is 23.9. The molecule has 4 aromatic rings. The van der Waals surface area contributed by atoms with Gasteiger partial charge in [0.1, 0.15) is 0 Å². The maximum absolute atomic E-state index is 13.1. The predicted molar refractivity (Wildman–Crippen MR) is 140 cm³/mol. The van der Waals surface area contributed by atoms with Gasteiger partial charge < -0.3 is 5.32 Å². The molecule has 0 aliphatic carbocycles. The third-order valence-electron chi connectivity index (χ3n) is 5.52. The molecule has 0 fully saturated rings. The average molecular weight is 494 g/mol. The van der Waals surface area contributed by atoms with E-state index in [1.165, 1.54) is 18.3 Å². The molecular weight excluding hydrogens is 466 g/mol. The Morgan fingerprint density at radius 1 is 0.941 bits per heavy atom. The third-order valence-corrected chi connectivity index (χ3v) is 7.83. The van der Waals surface area contributed by atoms with Crippen LogP contribution in [0, 0.1) is 6.92 Å². The van der Waals surface area contributed by atoms with E-state index in [1.807, 2.05) is 55.5 Å². The molecule has 0 bridgehead atoms. The quantitative estimate of drug-likeness (QED) is 0.340. The van der Waals surface area contributed by atoms with Gasteiger partial charge in [0.15, 0.2) is 5.13 Å². The van der Waals surface area contributed by atoms with E-state index in [0.29, 0.717) is 10.8 Å². The lowest BCUT2D eigenvalue weighted by molar-refractivity contribution is -0.114. The number of carbonyl (C=O) groups excluding carboxylic acids is 1. The maximum Gasteiger partial charge on any atom is 0.261 e. The molecule has 1 heterocycles. The van der Waals surface area contributed by atoms with E-state index in [-0.39, 0.29) is 16.2 Å². The normalized spacial score (nSPS) is 12.0. The molecule has 2 N–H and O–H groups in total. The van der Waals surface area contributed by atoms with Crippen molar-refractivity contribution in [3.8, 4) is 11.1 Å². The zero-order valence-corrected chi connectivity index (χ0v) is 21.4. The Balaban J connectivity index is 1.64. The number of rotatable bonds is 5. The van der Waals surface area contributed by atoms with Crippen LogP contribution < -0.4 is 10.0 Å². The van der Waals surface area contributed by atoms with Crippen molar-refractivity contribution in [3.63, 3.8) is 0 Å². The molecule has 3 aromatic carbocycles. The van der Waals surface area contributed by atoms with Gasteiger partial charge >= 0.3 is 0 Å². The van der Waals surface area contributed by atoms with Gasteiger partial charge in [0, 0.05) is 6.92 Å². The fraction of sp³-hybridized carbons (Fsp3) is 0.231. The number of benzene rings is 3. The summed E-state index contributed by atoms with van der Waals surface area (Å²) in [5, 5.41) is 3.27. The molecule has 176 valence electrons. The Bertz CT molecular complexity index is 1480. The Kier molecular flexibility index (Phi) is 6.22. The summed E-state index contributed by atoms with van der Waals surface area (Å²) >= 11 is 1.40. The summed E-state index contributed by atoms with van der Waals surface area (Å²) in [5.41, 5.74) is 4.98. The molecule has 4 rings (SSSR count). The van der Waals surface area contributed by atoms with Crippen LogP contribution in [0.3, 0.4) is 0 Å². The van der Waals surface area contributed by atoms with E-state index < -0.39 is 10.0 Å². The second kappa shape index (κ2) is 8.85. The van der Waals surface area contributed by atoms with Gasteiger partial charge in [-0.1, -0.05) is 62.4 Å². The number of nitrogens with one attached hydrogen (secondary N) is 2. The van der Waals surface area contributed by atoms with E-state index in [9.17, 15) is 13.2 Å². The van der Waals surface area contributed by atoms with Crippen molar-refractivity contribution >= 4 is 48.3 Å². The van der Waals surface area contributed by atoms with Crippen molar-refractivity contribution in [2.75, 3.05) is 10.0 Å². The van der Waals surface area contributed by atoms with Crippen molar-refractivity contribution in [2.45, 2.75) is 44.9 Å². The minimum absolute atomic E-state index is 0.0529. The fourth-order valence-corrected chi connectivity index (χ4v) is 5.63. The molecule has 0 radical (unpaired) electrons. The lowest BCUT2D eigenvalue weighted by Gasteiger charge is -2.19. The molecule has 6 nitrogen and oxygen atoms in total. The second-order valence-corrected chi connectivity index (χ2v) is 12.0. The van der Waals surface area contributed by atoms with Crippen LogP contribution in [0.2, 0.25) is 0 Å². The van der Waals surface area contributed by atoms with E-state index in [4.69, 9.17) is 0 Å². The highest BCUT2D eigenvalue weighted by Gasteiger charge is 2.19. The van der Waals surface area contributed by atoms with Gasteiger partial charge in [0.2, 0.25) is 5.91 Å². The molecule has 0 saturated carbocycles. The largest absolute Gasteiger partial charge is 0.302 e. The number of carbonyl (C=O) groups is 1. The molecule has 34 heavy (non-hydrogen) atoms. The SMILES string of the molecule is CC(=O)Nc1nc2ccc(-c3ccc(C)c(NS(=O)(=O)c4ccc(C(C)(C)C)cc4)c3)cc2s1. The summed E-state index contributed by atoms with van der Waals surface area (Å²) in [6, 6.07) is 18.5. The van der Waals surface area contributed by atoms with Crippen LogP contribution in [0.5, 0.6) is 0 Å². The molecule has 1 aromatic heterocycles. The minimum atomic E-state index is -3.74. The second-order valence-electron chi connectivity index (χ2n) is 9.29. The summed E-state index contributed by atoms with van der Waals surface area (Å²) in [5.74, 6) is -0.164. The van der Waals surface area contributed by atoms with Gasteiger partial charge in [-0.2, -0.15) is 0 Å². The monoisotopic (exact) mass is 493 g/mol. The van der Waals surface area contributed by atoms with Crippen LogP contribution >= 0.6 is 11.3 Å². The Hall–Kier alpha value is -3.23.